The summed E-state index contributed by atoms with van der Waals surface area (Å²) in [7, 11) is 0. The zero-order valence-electron chi connectivity index (χ0n) is 16.6. The highest BCUT2D eigenvalue weighted by molar-refractivity contribution is 5.85. The highest BCUT2D eigenvalue weighted by Crippen LogP contribution is 2.31. The molecule has 0 atom stereocenters. The number of rotatable bonds is 6. The fourth-order valence-electron chi connectivity index (χ4n) is 3.70. The molecule has 162 valence electrons. The Kier molecular flexibility index (Phi) is 7.20. The number of aromatic nitrogens is 3. The van der Waals surface area contributed by atoms with E-state index in [0.717, 1.165) is 69.2 Å². The van der Waals surface area contributed by atoms with Crippen LogP contribution < -0.4 is 4.90 Å². The molecule has 9 heteroatoms. The van der Waals surface area contributed by atoms with E-state index in [2.05, 4.69) is 15.1 Å². The van der Waals surface area contributed by atoms with Gasteiger partial charge in [0.2, 0.25) is 0 Å². The predicted molar refractivity (Wildman–Crippen MR) is 114 cm³/mol. The van der Waals surface area contributed by atoms with Crippen LogP contribution in [-0.4, -0.2) is 52.6 Å². The van der Waals surface area contributed by atoms with Crippen molar-refractivity contribution >= 4 is 29.1 Å². The second-order valence-corrected chi connectivity index (χ2v) is 7.37. The van der Waals surface area contributed by atoms with Crippen LogP contribution in [0.25, 0.3) is 11.0 Å². The molecule has 30 heavy (non-hydrogen) atoms. The maximum absolute atomic E-state index is 12.9. The minimum absolute atomic E-state index is 0. The predicted octanol–water partition coefficient (Wildman–Crippen LogP) is 4.47. The van der Waals surface area contributed by atoms with Crippen LogP contribution in [0, 0.1) is 0 Å². The van der Waals surface area contributed by atoms with Crippen LogP contribution in [0.15, 0.2) is 48.5 Å². The first-order valence-corrected chi connectivity index (χ1v) is 9.93. The largest absolute Gasteiger partial charge is 0.416 e. The summed E-state index contributed by atoms with van der Waals surface area (Å²) in [6.07, 6.45) is -2.26. The summed E-state index contributed by atoms with van der Waals surface area (Å²) in [6.45, 7) is 4.98. The summed E-state index contributed by atoms with van der Waals surface area (Å²) >= 11 is 0. The van der Waals surface area contributed by atoms with Gasteiger partial charge in [-0.25, -0.2) is 0 Å². The number of benzene rings is 2. The lowest BCUT2D eigenvalue weighted by Gasteiger charge is -2.36. The lowest BCUT2D eigenvalue weighted by molar-refractivity contribution is -0.137. The number of hydrogen-bond acceptors (Lipinski definition) is 4. The highest BCUT2D eigenvalue weighted by Gasteiger charge is 2.31. The summed E-state index contributed by atoms with van der Waals surface area (Å²) in [5.41, 5.74) is 1.89. The Bertz CT molecular complexity index is 918. The maximum atomic E-state index is 12.9. The zero-order valence-corrected chi connectivity index (χ0v) is 17.4. The molecule has 0 radical (unpaired) electrons. The van der Waals surface area contributed by atoms with Gasteiger partial charge in [-0.3, -0.25) is 4.90 Å². The first-order chi connectivity index (χ1) is 14.0. The van der Waals surface area contributed by atoms with Gasteiger partial charge < -0.3 is 4.90 Å². The number of alkyl halides is 3. The highest BCUT2D eigenvalue weighted by atomic mass is 35.5. The number of halogens is 4. The van der Waals surface area contributed by atoms with Gasteiger partial charge in [0.15, 0.2) is 0 Å². The third-order valence-corrected chi connectivity index (χ3v) is 5.32. The molecule has 1 aromatic heterocycles. The first-order valence-electron chi connectivity index (χ1n) is 9.93. The molecular weight excluding hydrogens is 415 g/mol. The lowest BCUT2D eigenvalue weighted by atomic mass is 10.1. The Morgan fingerprint density at radius 2 is 1.43 bits per heavy atom. The lowest BCUT2D eigenvalue weighted by Crippen LogP contribution is -2.46. The van der Waals surface area contributed by atoms with Gasteiger partial charge in [-0.1, -0.05) is 18.2 Å². The van der Waals surface area contributed by atoms with Crippen LogP contribution in [0.4, 0.5) is 18.9 Å². The van der Waals surface area contributed by atoms with Crippen molar-refractivity contribution in [2.75, 3.05) is 37.6 Å². The van der Waals surface area contributed by atoms with Gasteiger partial charge in [0.25, 0.3) is 0 Å². The van der Waals surface area contributed by atoms with Gasteiger partial charge in [0.05, 0.1) is 12.1 Å². The molecular formula is C21H25ClF3N5. The molecule has 5 nitrogen and oxygen atoms in total. The average Bonchev–Trinajstić information content (AvgIpc) is 3.14. The summed E-state index contributed by atoms with van der Waals surface area (Å²) in [6, 6.07) is 13.4. The van der Waals surface area contributed by atoms with Crippen molar-refractivity contribution < 1.29 is 13.2 Å². The molecule has 0 bridgehead atoms. The monoisotopic (exact) mass is 439 g/mol. The van der Waals surface area contributed by atoms with Crippen molar-refractivity contribution in [2.45, 2.75) is 25.6 Å². The minimum atomic E-state index is -4.30. The van der Waals surface area contributed by atoms with Crippen LogP contribution >= 0.6 is 12.4 Å². The van der Waals surface area contributed by atoms with Crippen molar-refractivity contribution in [1.29, 1.82) is 0 Å². The Balaban J connectivity index is 0.00000256. The Morgan fingerprint density at radius 1 is 0.800 bits per heavy atom. The number of hydrogen-bond donors (Lipinski definition) is 0. The minimum Gasteiger partial charge on any atom is -0.369 e. The Labute approximate surface area is 179 Å². The molecule has 2 heterocycles. The molecule has 0 saturated carbocycles. The van der Waals surface area contributed by atoms with Gasteiger partial charge in [-0.15, -0.1) is 12.4 Å². The average molecular weight is 440 g/mol. The van der Waals surface area contributed by atoms with E-state index >= 15 is 0 Å². The molecule has 1 aliphatic heterocycles. The van der Waals surface area contributed by atoms with Crippen LogP contribution in [-0.2, 0) is 12.7 Å². The Hall–Kier alpha value is -2.32. The molecule has 3 aromatic rings. The van der Waals surface area contributed by atoms with E-state index in [4.69, 9.17) is 0 Å². The van der Waals surface area contributed by atoms with E-state index in [-0.39, 0.29) is 12.4 Å². The molecule has 1 fully saturated rings. The van der Waals surface area contributed by atoms with Crippen molar-refractivity contribution in [1.82, 2.24) is 19.9 Å². The van der Waals surface area contributed by atoms with E-state index in [1.54, 1.807) is 10.9 Å². The first kappa shape index (κ1) is 22.4. The second kappa shape index (κ2) is 9.66. The third kappa shape index (κ3) is 5.43. The van der Waals surface area contributed by atoms with Gasteiger partial charge in [-0.2, -0.15) is 28.2 Å². The summed E-state index contributed by atoms with van der Waals surface area (Å²) < 4.78 is 38.7. The molecule has 0 amide bonds. The van der Waals surface area contributed by atoms with Gasteiger partial charge >= 0.3 is 6.18 Å². The van der Waals surface area contributed by atoms with Crippen molar-refractivity contribution in [3.8, 4) is 0 Å². The summed E-state index contributed by atoms with van der Waals surface area (Å²) in [5.74, 6) is 0. The molecule has 4 rings (SSSR count). The standard InChI is InChI=1S/C21H24F3N5.ClH/c22-21(23,24)17-6-5-7-18(16-17)28-14-12-27(13-15-28)10-3-4-11-29-25-19-8-1-2-9-20(19)26-29;/h1-2,5-9,16H,3-4,10-15H2;1H. The van der Waals surface area contributed by atoms with Gasteiger partial charge in [0, 0.05) is 31.9 Å². The Morgan fingerprint density at radius 3 is 2.07 bits per heavy atom. The van der Waals surface area contributed by atoms with E-state index in [1.165, 1.54) is 12.1 Å². The summed E-state index contributed by atoms with van der Waals surface area (Å²) in [5, 5.41) is 8.94. The van der Waals surface area contributed by atoms with Crippen LogP contribution in [0.1, 0.15) is 18.4 Å². The van der Waals surface area contributed by atoms with Crippen LogP contribution in [0.5, 0.6) is 0 Å². The topological polar surface area (TPSA) is 37.2 Å². The zero-order chi connectivity index (χ0) is 20.3. The molecule has 0 unspecified atom stereocenters. The number of fused-ring (bicyclic) bond motifs is 1. The SMILES string of the molecule is Cl.FC(F)(F)c1cccc(N2CCN(CCCCn3nc4ccccc4n3)CC2)c1. The van der Waals surface area contributed by atoms with Gasteiger partial charge in [0.1, 0.15) is 11.0 Å². The number of anilines is 1. The number of unbranched alkanes of at least 4 members (excludes halogenated alkanes) is 1. The summed E-state index contributed by atoms with van der Waals surface area (Å²) in [4.78, 5) is 6.17. The van der Waals surface area contributed by atoms with Crippen LogP contribution in [0.3, 0.4) is 0 Å². The van der Waals surface area contributed by atoms with Gasteiger partial charge in [-0.05, 0) is 49.7 Å². The molecule has 0 spiro atoms. The van der Waals surface area contributed by atoms with Crippen molar-refractivity contribution in [3.63, 3.8) is 0 Å². The fourth-order valence-corrected chi connectivity index (χ4v) is 3.70. The van der Waals surface area contributed by atoms with E-state index < -0.39 is 11.7 Å². The van der Waals surface area contributed by atoms with E-state index in [9.17, 15) is 13.2 Å². The molecule has 0 N–H and O–H groups in total. The number of nitrogens with zero attached hydrogens (tertiary/aromatic N) is 5. The maximum Gasteiger partial charge on any atom is 0.416 e. The second-order valence-electron chi connectivity index (χ2n) is 7.37. The van der Waals surface area contributed by atoms with Crippen molar-refractivity contribution in [2.24, 2.45) is 0 Å². The molecule has 1 aliphatic rings. The van der Waals surface area contributed by atoms with Crippen molar-refractivity contribution in [3.05, 3.63) is 54.1 Å². The number of piperazine rings is 1. The smallest absolute Gasteiger partial charge is 0.369 e. The third-order valence-electron chi connectivity index (χ3n) is 5.32. The van der Waals surface area contributed by atoms with E-state index in [1.807, 2.05) is 29.2 Å². The molecule has 1 saturated heterocycles. The fraction of sp³-hybridized carbons (Fsp3) is 0.429. The molecule has 0 aliphatic carbocycles. The van der Waals surface area contributed by atoms with Crippen LogP contribution in [0.2, 0.25) is 0 Å². The normalized spacial score (nSPS) is 15.4. The molecule has 2 aromatic carbocycles. The van der Waals surface area contributed by atoms with E-state index in [0.29, 0.717) is 5.69 Å². The quantitative estimate of drug-likeness (QED) is 0.531. The number of aryl methyl sites for hydroxylation is 1.